The highest BCUT2D eigenvalue weighted by Gasteiger charge is 2.41. The van der Waals surface area contributed by atoms with Crippen molar-refractivity contribution in [2.24, 2.45) is 5.41 Å². The number of carbonyl (C=O) groups is 1. The molecule has 0 saturated carbocycles. The van der Waals surface area contributed by atoms with Crippen LogP contribution >= 0.6 is 0 Å². The fourth-order valence-electron chi connectivity index (χ4n) is 2.64. The fraction of sp³-hybridized carbons (Fsp3) is 0.533. The molecule has 0 aromatic heterocycles. The van der Waals surface area contributed by atoms with Crippen molar-refractivity contribution in [3.63, 3.8) is 0 Å². The molecule has 0 N–H and O–H groups in total. The summed E-state index contributed by atoms with van der Waals surface area (Å²) in [4.78, 5) is 12.5. The van der Waals surface area contributed by atoms with Crippen molar-refractivity contribution in [3.8, 4) is 5.75 Å². The predicted octanol–water partition coefficient (Wildman–Crippen LogP) is 3.05. The Morgan fingerprint density at radius 2 is 1.94 bits per heavy atom. The third-order valence-corrected chi connectivity index (χ3v) is 3.58. The molecule has 2 rings (SSSR count). The van der Waals surface area contributed by atoms with Gasteiger partial charge < -0.3 is 9.47 Å². The lowest BCUT2D eigenvalue weighted by Crippen LogP contribution is -2.19. The van der Waals surface area contributed by atoms with Crippen molar-refractivity contribution in [1.82, 2.24) is 0 Å². The van der Waals surface area contributed by atoms with Gasteiger partial charge in [0.2, 0.25) is 0 Å². The van der Waals surface area contributed by atoms with E-state index in [1.54, 1.807) is 7.11 Å². The third-order valence-electron chi connectivity index (χ3n) is 3.58. The van der Waals surface area contributed by atoms with E-state index in [-0.39, 0.29) is 18.0 Å². The van der Waals surface area contributed by atoms with Crippen LogP contribution in [-0.4, -0.2) is 19.7 Å². The first-order chi connectivity index (χ1) is 8.38. The zero-order valence-corrected chi connectivity index (χ0v) is 11.7. The molecule has 0 amide bonds. The summed E-state index contributed by atoms with van der Waals surface area (Å²) in [6, 6.07) is 2.08. The Morgan fingerprint density at radius 1 is 1.28 bits per heavy atom. The van der Waals surface area contributed by atoms with E-state index in [0.717, 1.165) is 23.1 Å². The molecule has 1 aliphatic carbocycles. The normalized spacial score (nSPS) is 16.8. The van der Waals surface area contributed by atoms with Crippen LogP contribution in [0.25, 0.3) is 0 Å². The summed E-state index contributed by atoms with van der Waals surface area (Å²) in [5, 5.41) is 0. The van der Waals surface area contributed by atoms with Gasteiger partial charge in [-0.2, -0.15) is 0 Å². The van der Waals surface area contributed by atoms with Crippen molar-refractivity contribution >= 4 is 5.78 Å². The second kappa shape index (κ2) is 4.39. The van der Waals surface area contributed by atoms with Crippen molar-refractivity contribution in [2.45, 2.75) is 34.1 Å². The molecule has 1 aromatic rings. The summed E-state index contributed by atoms with van der Waals surface area (Å²) < 4.78 is 10.5. The van der Waals surface area contributed by atoms with Gasteiger partial charge in [-0.25, -0.2) is 0 Å². The molecule has 0 aliphatic heterocycles. The monoisotopic (exact) mass is 248 g/mol. The summed E-state index contributed by atoms with van der Waals surface area (Å²) in [7, 11) is 1.58. The van der Waals surface area contributed by atoms with Gasteiger partial charge in [-0.3, -0.25) is 4.79 Å². The number of ether oxygens (including phenoxy) is 2. The molecule has 0 spiro atoms. The molecule has 98 valence electrons. The topological polar surface area (TPSA) is 35.5 Å². The Bertz CT molecular complexity index is 501. The van der Waals surface area contributed by atoms with Gasteiger partial charge in [0.25, 0.3) is 0 Å². The van der Waals surface area contributed by atoms with Gasteiger partial charge in [0, 0.05) is 12.5 Å². The minimum atomic E-state index is -0.327. The molecule has 0 saturated heterocycles. The first-order valence-electron chi connectivity index (χ1n) is 6.18. The molecule has 3 nitrogen and oxygen atoms in total. The van der Waals surface area contributed by atoms with Gasteiger partial charge in [0.15, 0.2) is 12.6 Å². The van der Waals surface area contributed by atoms with E-state index in [9.17, 15) is 4.79 Å². The molecule has 1 aliphatic rings. The molecule has 1 aromatic carbocycles. The van der Waals surface area contributed by atoms with E-state index in [2.05, 4.69) is 13.0 Å². The molecule has 0 bridgehead atoms. The van der Waals surface area contributed by atoms with Gasteiger partial charge in [0.05, 0.1) is 5.56 Å². The summed E-state index contributed by atoms with van der Waals surface area (Å²) in [6.07, 6.45) is 0.788. The highest BCUT2D eigenvalue weighted by Crippen LogP contribution is 2.43. The van der Waals surface area contributed by atoms with Crippen LogP contribution in [0, 0.1) is 19.3 Å². The maximum Gasteiger partial charge on any atom is 0.188 e. The highest BCUT2D eigenvalue weighted by molar-refractivity contribution is 6.07. The molecule has 0 radical (unpaired) electrons. The van der Waals surface area contributed by atoms with E-state index in [4.69, 9.17) is 9.47 Å². The molecule has 0 heterocycles. The van der Waals surface area contributed by atoms with Crippen LogP contribution in [0.4, 0.5) is 0 Å². The standard InChI is InChI=1S/C15H20O3/c1-9-6-10(2)13(18-8-17-5)12-11(9)7-15(3,4)14(12)16/h6H,7-8H2,1-5H3. The molecular formula is C15H20O3. The van der Waals surface area contributed by atoms with Gasteiger partial charge in [-0.05, 0) is 37.0 Å². The molecule has 0 fully saturated rings. The molecular weight excluding hydrogens is 228 g/mol. The van der Waals surface area contributed by atoms with Crippen LogP contribution in [0.2, 0.25) is 0 Å². The number of aryl methyl sites for hydroxylation is 2. The van der Waals surface area contributed by atoms with Crippen LogP contribution in [0.3, 0.4) is 0 Å². The number of methoxy groups -OCH3 is 1. The predicted molar refractivity (Wildman–Crippen MR) is 70.2 cm³/mol. The number of ketones is 1. The maximum absolute atomic E-state index is 12.5. The summed E-state index contributed by atoms with van der Waals surface area (Å²) in [6.45, 7) is 8.18. The van der Waals surface area contributed by atoms with Crippen LogP contribution in [0.15, 0.2) is 6.07 Å². The maximum atomic E-state index is 12.5. The molecule has 0 unspecified atom stereocenters. The quantitative estimate of drug-likeness (QED) is 0.771. The van der Waals surface area contributed by atoms with Gasteiger partial charge in [-0.1, -0.05) is 19.9 Å². The zero-order valence-electron chi connectivity index (χ0n) is 11.7. The number of Topliss-reactive ketones (excluding diaryl/α,β-unsaturated/α-hetero) is 1. The lowest BCUT2D eigenvalue weighted by molar-refractivity contribution is 0.0495. The Morgan fingerprint density at radius 3 is 2.56 bits per heavy atom. The van der Waals surface area contributed by atoms with E-state index in [0.29, 0.717) is 5.75 Å². The minimum Gasteiger partial charge on any atom is -0.467 e. The van der Waals surface area contributed by atoms with Gasteiger partial charge >= 0.3 is 0 Å². The first-order valence-corrected chi connectivity index (χ1v) is 6.18. The van der Waals surface area contributed by atoms with Crippen molar-refractivity contribution in [1.29, 1.82) is 0 Å². The Kier molecular flexibility index (Phi) is 3.20. The Labute approximate surface area is 108 Å². The van der Waals surface area contributed by atoms with Gasteiger partial charge in [0.1, 0.15) is 5.75 Å². The SMILES string of the molecule is COCOc1c(C)cc(C)c2c1C(=O)C(C)(C)C2. The second-order valence-electron chi connectivity index (χ2n) is 5.63. The highest BCUT2D eigenvalue weighted by atomic mass is 16.7. The van der Waals surface area contributed by atoms with E-state index in [1.165, 1.54) is 5.56 Å². The molecule has 18 heavy (non-hydrogen) atoms. The van der Waals surface area contributed by atoms with E-state index in [1.807, 2.05) is 20.8 Å². The average molecular weight is 248 g/mol. The second-order valence-corrected chi connectivity index (χ2v) is 5.63. The lowest BCUT2D eigenvalue weighted by atomic mass is 9.89. The number of benzene rings is 1. The minimum absolute atomic E-state index is 0.171. The number of fused-ring (bicyclic) bond motifs is 1. The van der Waals surface area contributed by atoms with E-state index < -0.39 is 0 Å². The number of hydrogen-bond donors (Lipinski definition) is 0. The summed E-state index contributed by atoms with van der Waals surface area (Å²) in [5.41, 5.74) is 3.73. The van der Waals surface area contributed by atoms with Crippen LogP contribution in [0.5, 0.6) is 5.75 Å². The Balaban J connectivity index is 2.58. The van der Waals surface area contributed by atoms with Crippen molar-refractivity contribution < 1.29 is 14.3 Å². The summed E-state index contributed by atoms with van der Waals surface area (Å²) in [5.74, 6) is 0.864. The number of carbonyl (C=O) groups excluding carboxylic acids is 1. The van der Waals surface area contributed by atoms with Crippen LogP contribution in [-0.2, 0) is 11.2 Å². The number of hydrogen-bond acceptors (Lipinski definition) is 3. The van der Waals surface area contributed by atoms with Gasteiger partial charge in [-0.15, -0.1) is 0 Å². The van der Waals surface area contributed by atoms with E-state index >= 15 is 0 Å². The van der Waals surface area contributed by atoms with Crippen LogP contribution < -0.4 is 4.74 Å². The largest absolute Gasteiger partial charge is 0.467 e. The fourth-order valence-corrected chi connectivity index (χ4v) is 2.64. The van der Waals surface area contributed by atoms with Crippen LogP contribution in [0.1, 0.15) is 40.9 Å². The van der Waals surface area contributed by atoms with Crippen molar-refractivity contribution in [2.75, 3.05) is 13.9 Å². The smallest absolute Gasteiger partial charge is 0.188 e. The first kappa shape index (κ1) is 13.1. The average Bonchev–Trinajstić information content (AvgIpc) is 2.52. The third kappa shape index (κ3) is 1.93. The Hall–Kier alpha value is -1.35. The molecule has 0 atom stereocenters. The van der Waals surface area contributed by atoms with Crippen molar-refractivity contribution in [3.05, 3.63) is 28.3 Å². The zero-order chi connectivity index (χ0) is 13.5. The summed E-state index contributed by atoms with van der Waals surface area (Å²) >= 11 is 0. The lowest BCUT2D eigenvalue weighted by Gasteiger charge is -2.15. The molecule has 3 heteroatoms. The number of rotatable bonds is 3.